The molecule has 0 aliphatic heterocycles. The first-order chi connectivity index (χ1) is 20.4. The molecule has 9 aromatic rings. The van der Waals surface area contributed by atoms with Crippen molar-refractivity contribution in [1.82, 2.24) is 4.57 Å². The molecule has 1 aromatic heterocycles. The fourth-order valence-corrected chi connectivity index (χ4v) is 6.98. The highest BCUT2D eigenvalue weighted by molar-refractivity contribution is 6.36. The summed E-state index contributed by atoms with van der Waals surface area (Å²) in [4.78, 5) is 0. The minimum atomic E-state index is 1.17. The van der Waals surface area contributed by atoms with Crippen molar-refractivity contribution in [3.8, 4) is 16.8 Å². The lowest BCUT2D eigenvalue weighted by Crippen LogP contribution is -1.95. The number of rotatable bonds is 2. The molecule has 0 N–H and O–H groups in total. The summed E-state index contributed by atoms with van der Waals surface area (Å²) in [5, 5.41) is 12.9. The van der Waals surface area contributed by atoms with Crippen LogP contribution < -0.4 is 0 Å². The third-order valence-corrected chi connectivity index (χ3v) is 8.75. The van der Waals surface area contributed by atoms with E-state index in [1.54, 1.807) is 0 Å². The van der Waals surface area contributed by atoms with Crippen molar-refractivity contribution in [2.75, 3.05) is 0 Å². The van der Waals surface area contributed by atoms with Crippen molar-refractivity contribution in [3.05, 3.63) is 152 Å². The van der Waals surface area contributed by atoms with Gasteiger partial charge in [-0.15, -0.1) is 0 Å². The first-order valence-electron chi connectivity index (χ1n) is 14.2. The van der Waals surface area contributed by atoms with Gasteiger partial charge in [0.2, 0.25) is 0 Å². The summed E-state index contributed by atoms with van der Waals surface area (Å²) in [6, 6.07) is 55.4. The summed E-state index contributed by atoms with van der Waals surface area (Å²) in [6.45, 7) is 0. The zero-order valence-corrected chi connectivity index (χ0v) is 22.4. The van der Waals surface area contributed by atoms with Crippen molar-refractivity contribution in [3.63, 3.8) is 0 Å². The number of benzene rings is 8. The van der Waals surface area contributed by atoms with E-state index < -0.39 is 0 Å². The SMILES string of the molecule is c1ccc2c(-c3ccc(-n4c5ccccc5c5c6ccc7ccccc7c6c6ccccc6c54)cc3)cccc2c1. The van der Waals surface area contributed by atoms with Crippen LogP contribution in [0.5, 0.6) is 0 Å². The number of fused-ring (bicyclic) bond motifs is 11. The van der Waals surface area contributed by atoms with Gasteiger partial charge in [-0.2, -0.15) is 0 Å². The van der Waals surface area contributed by atoms with E-state index in [9.17, 15) is 0 Å². The van der Waals surface area contributed by atoms with Gasteiger partial charge in [0.1, 0.15) is 0 Å². The molecule has 0 unspecified atom stereocenters. The summed E-state index contributed by atoms with van der Waals surface area (Å²) in [6.07, 6.45) is 0. The smallest absolute Gasteiger partial charge is 0.0625 e. The molecule has 0 radical (unpaired) electrons. The molecule has 0 bridgehead atoms. The van der Waals surface area contributed by atoms with Crippen molar-refractivity contribution < 1.29 is 0 Å². The highest BCUT2D eigenvalue weighted by Crippen LogP contribution is 2.44. The van der Waals surface area contributed by atoms with Gasteiger partial charge in [0.05, 0.1) is 11.0 Å². The summed E-state index contributed by atoms with van der Waals surface area (Å²) in [7, 11) is 0. The highest BCUT2D eigenvalue weighted by Gasteiger charge is 2.19. The molecule has 190 valence electrons. The Labute approximate surface area is 237 Å². The van der Waals surface area contributed by atoms with Crippen molar-refractivity contribution in [2.45, 2.75) is 0 Å². The maximum Gasteiger partial charge on any atom is 0.0625 e. The van der Waals surface area contributed by atoms with Crippen LogP contribution in [0, 0.1) is 0 Å². The van der Waals surface area contributed by atoms with E-state index >= 15 is 0 Å². The van der Waals surface area contributed by atoms with Gasteiger partial charge in [0.15, 0.2) is 0 Å². The van der Waals surface area contributed by atoms with Crippen LogP contribution >= 0.6 is 0 Å². The maximum atomic E-state index is 2.47. The average molecular weight is 520 g/mol. The third kappa shape index (κ3) is 3.18. The van der Waals surface area contributed by atoms with Gasteiger partial charge in [-0.05, 0) is 67.0 Å². The van der Waals surface area contributed by atoms with Gasteiger partial charge >= 0.3 is 0 Å². The maximum absolute atomic E-state index is 2.47. The summed E-state index contributed by atoms with van der Waals surface area (Å²) in [5.41, 5.74) is 6.16. The van der Waals surface area contributed by atoms with Crippen LogP contribution in [0.2, 0.25) is 0 Å². The lowest BCUT2D eigenvalue weighted by molar-refractivity contribution is 1.19. The Morgan fingerprint density at radius 3 is 1.76 bits per heavy atom. The van der Waals surface area contributed by atoms with E-state index in [0.29, 0.717) is 0 Å². The number of para-hydroxylation sites is 1. The Balaban J connectivity index is 1.39. The molecule has 0 spiro atoms. The van der Waals surface area contributed by atoms with Crippen LogP contribution in [0.15, 0.2) is 152 Å². The topological polar surface area (TPSA) is 4.93 Å². The second-order valence-electron chi connectivity index (χ2n) is 10.9. The molecule has 1 nitrogen and oxygen atoms in total. The van der Waals surface area contributed by atoms with E-state index in [1.165, 1.54) is 81.7 Å². The van der Waals surface area contributed by atoms with E-state index in [2.05, 4.69) is 156 Å². The predicted molar refractivity (Wildman–Crippen MR) is 176 cm³/mol. The second-order valence-corrected chi connectivity index (χ2v) is 10.9. The lowest BCUT2D eigenvalue weighted by atomic mass is 9.93. The first-order valence-corrected chi connectivity index (χ1v) is 14.2. The molecule has 41 heavy (non-hydrogen) atoms. The Bertz CT molecular complexity index is 2450. The largest absolute Gasteiger partial charge is 0.309 e. The Kier molecular flexibility index (Phi) is 4.67. The van der Waals surface area contributed by atoms with Gasteiger partial charge in [0, 0.05) is 21.8 Å². The average Bonchev–Trinajstić information content (AvgIpc) is 3.40. The second kappa shape index (κ2) is 8.55. The standard InChI is InChI=1S/C40H25N/c1-3-13-30-26(10-1)12-9-18-31(30)28-20-23-29(24-21-28)41-37-19-8-7-17-35(37)39-36-25-22-27-11-2-4-14-32(27)38(36)33-15-5-6-16-34(33)40(39)41/h1-25H. The van der Waals surface area contributed by atoms with Gasteiger partial charge < -0.3 is 4.57 Å². The molecule has 0 fully saturated rings. The van der Waals surface area contributed by atoms with Crippen molar-refractivity contribution in [2.24, 2.45) is 0 Å². The molecule has 0 atom stereocenters. The lowest BCUT2D eigenvalue weighted by Gasteiger charge is -2.14. The van der Waals surface area contributed by atoms with Crippen LogP contribution in [0.1, 0.15) is 0 Å². The molecule has 1 heteroatoms. The van der Waals surface area contributed by atoms with Crippen LogP contribution in [0.4, 0.5) is 0 Å². The molecule has 0 aliphatic rings. The zero-order chi connectivity index (χ0) is 26.9. The molecular weight excluding hydrogens is 494 g/mol. The van der Waals surface area contributed by atoms with Gasteiger partial charge in [0.25, 0.3) is 0 Å². The van der Waals surface area contributed by atoms with Crippen LogP contribution in [-0.2, 0) is 0 Å². The number of nitrogens with zero attached hydrogens (tertiary/aromatic N) is 1. The van der Waals surface area contributed by atoms with E-state index in [0.717, 1.165) is 0 Å². The predicted octanol–water partition coefficient (Wildman–Crippen LogP) is 11.1. The molecule has 0 aliphatic carbocycles. The van der Waals surface area contributed by atoms with Gasteiger partial charge in [-0.1, -0.05) is 133 Å². The fourth-order valence-electron chi connectivity index (χ4n) is 6.98. The molecule has 0 saturated carbocycles. The van der Waals surface area contributed by atoms with Crippen molar-refractivity contribution in [1.29, 1.82) is 0 Å². The van der Waals surface area contributed by atoms with Gasteiger partial charge in [-0.25, -0.2) is 0 Å². The highest BCUT2D eigenvalue weighted by atomic mass is 15.0. The molecular formula is C40H25N. The molecule has 8 aromatic carbocycles. The summed E-state index contributed by atoms with van der Waals surface area (Å²) >= 11 is 0. The normalized spacial score (nSPS) is 11.9. The van der Waals surface area contributed by atoms with E-state index in [4.69, 9.17) is 0 Å². The van der Waals surface area contributed by atoms with E-state index in [1.807, 2.05) is 0 Å². The zero-order valence-electron chi connectivity index (χ0n) is 22.4. The molecule has 0 saturated heterocycles. The Hall–Kier alpha value is -5.40. The Morgan fingerprint density at radius 2 is 0.951 bits per heavy atom. The molecule has 9 rings (SSSR count). The fraction of sp³-hybridized carbons (Fsp3) is 0. The number of hydrogen-bond donors (Lipinski definition) is 0. The third-order valence-electron chi connectivity index (χ3n) is 8.75. The van der Waals surface area contributed by atoms with Gasteiger partial charge in [-0.3, -0.25) is 0 Å². The van der Waals surface area contributed by atoms with E-state index in [-0.39, 0.29) is 0 Å². The van der Waals surface area contributed by atoms with Crippen molar-refractivity contribution >= 4 is 64.9 Å². The van der Waals surface area contributed by atoms with Crippen LogP contribution in [0.3, 0.4) is 0 Å². The first kappa shape index (κ1) is 22.4. The minimum absolute atomic E-state index is 1.17. The Morgan fingerprint density at radius 1 is 0.341 bits per heavy atom. The number of aromatic nitrogens is 1. The molecule has 0 amide bonds. The van der Waals surface area contributed by atoms with Crippen LogP contribution in [0.25, 0.3) is 81.7 Å². The quantitative estimate of drug-likeness (QED) is 0.200. The number of hydrogen-bond acceptors (Lipinski definition) is 0. The minimum Gasteiger partial charge on any atom is -0.309 e. The summed E-state index contributed by atoms with van der Waals surface area (Å²) < 4.78 is 2.47. The van der Waals surface area contributed by atoms with Crippen LogP contribution in [-0.4, -0.2) is 4.57 Å². The monoisotopic (exact) mass is 519 g/mol. The molecule has 1 heterocycles. The summed E-state index contributed by atoms with van der Waals surface area (Å²) in [5.74, 6) is 0.